The summed E-state index contributed by atoms with van der Waals surface area (Å²) in [7, 11) is 1.52. The fourth-order valence-corrected chi connectivity index (χ4v) is 1.35. The van der Waals surface area contributed by atoms with Crippen LogP contribution in [0.4, 0.5) is 0 Å². The minimum Gasteiger partial charge on any atom is -0.481 e. The van der Waals surface area contributed by atoms with E-state index in [9.17, 15) is 4.79 Å². The first-order chi connectivity index (χ1) is 7.10. The third-order valence-electron chi connectivity index (χ3n) is 2.16. The smallest absolute Gasteiger partial charge is 0.213 e. The van der Waals surface area contributed by atoms with Gasteiger partial charge in [-0.1, -0.05) is 6.07 Å². The molecule has 0 bridgehead atoms. The molecule has 0 aliphatic rings. The van der Waals surface area contributed by atoms with Crippen molar-refractivity contribution in [3.05, 3.63) is 23.4 Å². The molecule has 0 fully saturated rings. The number of aryl methyl sites for hydroxylation is 1. The van der Waals surface area contributed by atoms with Crippen molar-refractivity contribution < 1.29 is 9.53 Å². The molecule has 0 amide bonds. The van der Waals surface area contributed by atoms with Crippen molar-refractivity contribution in [2.24, 2.45) is 0 Å². The second-order valence-electron chi connectivity index (χ2n) is 3.20. The minimum atomic E-state index is -0.733. The summed E-state index contributed by atoms with van der Waals surface area (Å²) in [5.74, 6) is -0.424. The molecule has 16 heavy (non-hydrogen) atoms. The molecular formula is C11H12N2NaO2. The van der Waals surface area contributed by atoms with Gasteiger partial charge in [-0.2, -0.15) is 5.26 Å². The van der Waals surface area contributed by atoms with Gasteiger partial charge in [0.25, 0.3) is 0 Å². The maximum atomic E-state index is 11.2. The van der Waals surface area contributed by atoms with E-state index >= 15 is 0 Å². The van der Waals surface area contributed by atoms with E-state index in [1.807, 2.05) is 6.07 Å². The summed E-state index contributed by atoms with van der Waals surface area (Å²) in [5, 5.41) is 8.87. The molecule has 1 aromatic rings. The van der Waals surface area contributed by atoms with E-state index in [4.69, 9.17) is 10.00 Å². The van der Waals surface area contributed by atoms with Gasteiger partial charge in [0.05, 0.1) is 13.2 Å². The summed E-state index contributed by atoms with van der Waals surface area (Å²) < 4.78 is 4.94. The number of pyridine rings is 1. The average Bonchev–Trinajstić information content (AvgIpc) is 2.20. The number of nitriles is 1. The van der Waals surface area contributed by atoms with Crippen LogP contribution in [-0.4, -0.2) is 47.4 Å². The Balaban J connectivity index is 0.00000225. The molecule has 0 aromatic carbocycles. The van der Waals surface area contributed by atoms with E-state index in [0.717, 1.165) is 0 Å². The van der Waals surface area contributed by atoms with Crippen LogP contribution in [0.2, 0.25) is 0 Å². The number of methoxy groups -OCH3 is 1. The number of Topliss-reactive ketones (excluding diaryl/α,β-unsaturated/α-hetero) is 1. The van der Waals surface area contributed by atoms with Gasteiger partial charge in [0.2, 0.25) is 5.88 Å². The first-order valence-electron chi connectivity index (χ1n) is 4.51. The van der Waals surface area contributed by atoms with E-state index in [0.29, 0.717) is 17.1 Å². The van der Waals surface area contributed by atoms with Gasteiger partial charge in [0.15, 0.2) is 5.78 Å². The number of aromatic nitrogens is 1. The van der Waals surface area contributed by atoms with Crippen molar-refractivity contribution in [2.75, 3.05) is 7.11 Å². The van der Waals surface area contributed by atoms with Crippen LogP contribution in [0.25, 0.3) is 0 Å². The summed E-state index contributed by atoms with van der Waals surface area (Å²) in [6.45, 7) is 3.16. The zero-order valence-corrected chi connectivity index (χ0v) is 11.9. The molecule has 1 radical (unpaired) electrons. The van der Waals surface area contributed by atoms with Gasteiger partial charge in [-0.05, 0) is 19.4 Å². The standard InChI is InChI=1S/C11H12N2O2.Na/c1-7-9(10(6-12)8(2)14)4-5-11(13-7)15-3;/h4-5,10H,1-3H3;. The molecule has 1 atom stereocenters. The van der Waals surface area contributed by atoms with E-state index in [1.54, 1.807) is 19.1 Å². The zero-order chi connectivity index (χ0) is 11.4. The second kappa shape index (κ2) is 6.64. The van der Waals surface area contributed by atoms with Crippen molar-refractivity contribution in [1.82, 2.24) is 4.98 Å². The Morgan fingerprint density at radius 1 is 1.56 bits per heavy atom. The molecule has 0 aliphatic carbocycles. The number of carbonyl (C=O) groups excluding carboxylic acids is 1. The first kappa shape index (κ1) is 15.1. The molecule has 1 aromatic heterocycles. The average molecular weight is 227 g/mol. The third kappa shape index (κ3) is 3.31. The number of carbonyl (C=O) groups is 1. The van der Waals surface area contributed by atoms with Crippen LogP contribution in [-0.2, 0) is 4.79 Å². The molecule has 5 heteroatoms. The zero-order valence-electron chi connectivity index (χ0n) is 9.94. The molecule has 0 aliphatic heterocycles. The maximum Gasteiger partial charge on any atom is 0.213 e. The van der Waals surface area contributed by atoms with Crippen molar-refractivity contribution in [3.8, 4) is 11.9 Å². The van der Waals surface area contributed by atoms with Crippen LogP contribution in [0.1, 0.15) is 24.1 Å². The van der Waals surface area contributed by atoms with Gasteiger partial charge in [0, 0.05) is 41.3 Å². The molecule has 4 nitrogen and oxygen atoms in total. The molecule has 0 saturated heterocycles. The summed E-state index contributed by atoms with van der Waals surface area (Å²) in [4.78, 5) is 15.3. The van der Waals surface area contributed by atoms with Crippen molar-refractivity contribution in [2.45, 2.75) is 19.8 Å². The van der Waals surface area contributed by atoms with Crippen LogP contribution in [0, 0.1) is 18.3 Å². The minimum absolute atomic E-state index is 0. The number of rotatable bonds is 3. The maximum absolute atomic E-state index is 11.2. The molecule has 0 saturated carbocycles. The second-order valence-corrected chi connectivity index (χ2v) is 3.20. The van der Waals surface area contributed by atoms with Crippen LogP contribution in [0.3, 0.4) is 0 Å². The Bertz CT molecular complexity index is 426. The normalized spacial score (nSPS) is 10.9. The van der Waals surface area contributed by atoms with Crippen molar-refractivity contribution in [3.63, 3.8) is 0 Å². The van der Waals surface area contributed by atoms with Crippen LogP contribution in [0.15, 0.2) is 12.1 Å². The SMILES string of the molecule is COc1ccc(C(C#N)C(C)=O)c(C)n1.[Na]. The Hall–Kier alpha value is -0.890. The predicted molar refractivity (Wildman–Crippen MR) is 60.3 cm³/mol. The Labute approximate surface area is 117 Å². The van der Waals surface area contributed by atoms with Crippen molar-refractivity contribution in [1.29, 1.82) is 5.26 Å². The largest absolute Gasteiger partial charge is 0.481 e. The molecule has 1 unspecified atom stereocenters. The quantitative estimate of drug-likeness (QED) is 0.728. The summed E-state index contributed by atoms with van der Waals surface area (Å²) in [6.07, 6.45) is 0. The third-order valence-corrected chi connectivity index (χ3v) is 2.16. The fourth-order valence-electron chi connectivity index (χ4n) is 1.35. The van der Waals surface area contributed by atoms with E-state index in [2.05, 4.69) is 4.98 Å². The van der Waals surface area contributed by atoms with E-state index < -0.39 is 5.92 Å². The van der Waals surface area contributed by atoms with Gasteiger partial charge < -0.3 is 4.74 Å². The number of hydrogen-bond acceptors (Lipinski definition) is 4. The molecule has 1 heterocycles. The van der Waals surface area contributed by atoms with Crippen LogP contribution >= 0.6 is 0 Å². The summed E-state index contributed by atoms with van der Waals surface area (Å²) in [6, 6.07) is 5.32. The van der Waals surface area contributed by atoms with Crippen molar-refractivity contribution >= 4 is 35.3 Å². The number of hydrogen-bond donors (Lipinski definition) is 0. The Morgan fingerprint density at radius 2 is 2.19 bits per heavy atom. The monoisotopic (exact) mass is 227 g/mol. The Kier molecular flexibility index (Phi) is 6.27. The fraction of sp³-hybridized carbons (Fsp3) is 0.364. The first-order valence-corrected chi connectivity index (χ1v) is 4.51. The topological polar surface area (TPSA) is 63.0 Å². The van der Waals surface area contributed by atoms with Gasteiger partial charge in [-0.15, -0.1) is 0 Å². The Morgan fingerprint density at radius 3 is 2.56 bits per heavy atom. The molecule has 0 N–H and O–H groups in total. The number of nitrogens with zero attached hydrogens (tertiary/aromatic N) is 2. The van der Waals surface area contributed by atoms with Gasteiger partial charge in [-0.25, -0.2) is 4.98 Å². The predicted octanol–water partition coefficient (Wildman–Crippen LogP) is 1.21. The van der Waals surface area contributed by atoms with Crippen LogP contribution in [0.5, 0.6) is 5.88 Å². The van der Waals surface area contributed by atoms with Gasteiger partial charge in [0.1, 0.15) is 5.92 Å². The number of ketones is 1. The summed E-state index contributed by atoms with van der Waals surface area (Å²) >= 11 is 0. The molecule has 0 spiro atoms. The molecule has 1 rings (SSSR count). The van der Waals surface area contributed by atoms with Gasteiger partial charge in [-0.3, -0.25) is 4.79 Å². The molecular weight excluding hydrogens is 215 g/mol. The van der Waals surface area contributed by atoms with Gasteiger partial charge >= 0.3 is 0 Å². The number of ether oxygens (including phenoxy) is 1. The summed E-state index contributed by atoms with van der Waals surface area (Å²) in [5.41, 5.74) is 1.29. The van der Waals surface area contributed by atoms with E-state index in [1.165, 1.54) is 14.0 Å². The molecule has 79 valence electrons. The van der Waals surface area contributed by atoms with Crippen LogP contribution < -0.4 is 4.74 Å². The van der Waals surface area contributed by atoms with E-state index in [-0.39, 0.29) is 35.3 Å².